The number of ether oxygens (including phenoxy) is 3. The molecule has 1 unspecified atom stereocenters. The Morgan fingerprint density at radius 1 is 1.00 bits per heavy atom. The van der Waals surface area contributed by atoms with Crippen molar-refractivity contribution in [3.05, 3.63) is 99.9 Å². The molecule has 3 aromatic rings. The normalized spacial score (nSPS) is 28.8. The smallest absolute Gasteiger partial charge is 0.129 e. The molecule has 6 atom stereocenters. The van der Waals surface area contributed by atoms with E-state index >= 15 is 0 Å². The molecule has 0 amide bonds. The molecule has 2 heterocycles. The molecule has 0 aromatic heterocycles. The van der Waals surface area contributed by atoms with Crippen LogP contribution >= 0.6 is 0 Å². The van der Waals surface area contributed by atoms with Crippen LogP contribution in [0, 0.1) is 12.7 Å². The number of hydrogen-bond acceptors (Lipinski definition) is 7. The highest BCUT2D eigenvalue weighted by atomic mass is 19.1. The van der Waals surface area contributed by atoms with Crippen LogP contribution in [0.1, 0.15) is 46.4 Å². The van der Waals surface area contributed by atoms with Crippen molar-refractivity contribution >= 4 is 0 Å². The van der Waals surface area contributed by atoms with Crippen LogP contribution in [0.3, 0.4) is 0 Å². The maximum Gasteiger partial charge on any atom is 0.129 e. The van der Waals surface area contributed by atoms with Crippen molar-refractivity contribution in [3.63, 3.8) is 0 Å². The van der Waals surface area contributed by atoms with E-state index < -0.39 is 42.7 Å². The number of rotatable bonds is 7. The average molecular weight is 525 g/mol. The first kappa shape index (κ1) is 26.7. The van der Waals surface area contributed by atoms with Crippen molar-refractivity contribution < 1.29 is 39.0 Å². The highest BCUT2D eigenvalue weighted by molar-refractivity contribution is 5.39. The molecule has 0 aliphatic carbocycles. The largest absolute Gasteiger partial charge is 0.490 e. The number of benzene rings is 3. The third-order valence-electron chi connectivity index (χ3n) is 7.60. The molecular formula is C30H33FO7. The van der Waals surface area contributed by atoms with Crippen molar-refractivity contribution in [2.24, 2.45) is 0 Å². The molecule has 0 saturated carbocycles. The first-order valence-electron chi connectivity index (χ1n) is 12.7. The molecule has 8 heteroatoms. The topological polar surface area (TPSA) is 109 Å². The summed E-state index contributed by atoms with van der Waals surface area (Å²) in [5, 5.41) is 40.3. The third-order valence-corrected chi connectivity index (χ3v) is 7.60. The number of aliphatic hydroxyl groups excluding tert-OH is 4. The Kier molecular flexibility index (Phi) is 7.55. The maximum absolute atomic E-state index is 14.5. The second-order valence-electron chi connectivity index (χ2n) is 10.3. The van der Waals surface area contributed by atoms with Crippen molar-refractivity contribution in [3.8, 4) is 5.75 Å². The molecule has 0 spiro atoms. The quantitative estimate of drug-likeness (QED) is 0.376. The van der Waals surface area contributed by atoms with Gasteiger partial charge in [-0.15, -0.1) is 0 Å². The van der Waals surface area contributed by atoms with Crippen LogP contribution in [0.25, 0.3) is 0 Å². The summed E-state index contributed by atoms with van der Waals surface area (Å²) in [6.45, 7) is 3.89. The van der Waals surface area contributed by atoms with E-state index in [0.717, 1.165) is 22.3 Å². The molecule has 3 aromatic carbocycles. The lowest BCUT2D eigenvalue weighted by atomic mass is 9.89. The SMILES string of the molecule is Cc1ccc([C@@H]2O[C@H](CO)[C@@H](O)[C@H](O)[C@H]2O)cc1Cc1ccc(OCC2(C)OCc3cccc(F)c32)cc1. The summed E-state index contributed by atoms with van der Waals surface area (Å²) >= 11 is 0. The first-order valence-corrected chi connectivity index (χ1v) is 12.7. The molecule has 5 rings (SSSR count). The molecule has 202 valence electrons. The van der Waals surface area contributed by atoms with Gasteiger partial charge in [0, 0.05) is 5.56 Å². The van der Waals surface area contributed by atoms with Gasteiger partial charge in [-0.2, -0.15) is 0 Å². The van der Waals surface area contributed by atoms with Crippen LogP contribution < -0.4 is 4.74 Å². The van der Waals surface area contributed by atoms with E-state index in [0.29, 0.717) is 29.9 Å². The fourth-order valence-electron chi connectivity index (χ4n) is 5.28. The molecule has 0 bridgehead atoms. The lowest BCUT2D eigenvalue weighted by Gasteiger charge is -2.40. The summed E-state index contributed by atoms with van der Waals surface area (Å²) in [4.78, 5) is 0. The summed E-state index contributed by atoms with van der Waals surface area (Å²) in [6, 6.07) is 18.3. The van der Waals surface area contributed by atoms with Gasteiger partial charge in [-0.25, -0.2) is 4.39 Å². The van der Waals surface area contributed by atoms with E-state index in [-0.39, 0.29) is 12.4 Å². The number of halogens is 1. The molecule has 1 saturated heterocycles. The maximum atomic E-state index is 14.5. The van der Waals surface area contributed by atoms with Gasteiger partial charge in [0.2, 0.25) is 0 Å². The Morgan fingerprint density at radius 2 is 1.76 bits per heavy atom. The van der Waals surface area contributed by atoms with Gasteiger partial charge < -0.3 is 34.6 Å². The Balaban J connectivity index is 1.27. The zero-order valence-corrected chi connectivity index (χ0v) is 21.4. The number of hydrogen-bond donors (Lipinski definition) is 4. The lowest BCUT2D eigenvalue weighted by molar-refractivity contribution is -0.231. The van der Waals surface area contributed by atoms with Gasteiger partial charge in [0.15, 0.2) is 0 Å². The summed E-state index contributed by atoms with van der Waals surface area (Å²) in [5.74, 6) is 0.359. The second-order valence-corrected chi connectivity index (χ2v) is 10.3. The predicted octanol–water partition coefficient (Wildman–Crippen LogP) is 3.06. The zero-order valence-electron chi connectivity index (χ0n) is 21.4. The van der Waals surface area contributed by atoms with Gasteiger partial charge in [0.25, 0.3) is 0 Å². The Bertz CT molecular complexity index is 1280. The van der Waals surface area contributed by atoms with E-state index in [2.05, 4.69) is 0 Å². The van der Waals surface area contributed by atoms with Crippen LogP contribution in [0.15, 0.2) is 60.7 Å². The molecule has 0 radical (unpaired) electrons. The standard InChI is InChI=1S/C30H33FO7/c1-17-6-9-19(29-28(35)27(34)26(33)24(14-32)38-29)13-21(17)12-18-7-10-22(11-8-18)36-16-30(2)25-20(15-37-30)4-3-5-23(25)31/h3-11,13,24,26-29,32-35H,12,14-16H2,1-2H3/t24-,26-,27+,28-,29+,30?/m1/s1. The van der Waals surface area contributed by atoms with Gasteiger partial charge in [0.1, 0.15) is 54.3 Å². The summed E-state index contributed by atoms with van der Waals surface area (Å²) in [7, 11) is 0. The van der Waals surface area contributed by atoms with Crippen molar-refractivity contribution in [1.29, 1.82) is 0 Å². The van der Waals surface area contributed by atoms with Crippen molar-refractivity contribution in [2.75, 3.05) is 13.2 Å². The van der Waals surface area contributed by atoms with Crippen molar-refractivity contribution in [2.45, 2.75) is 63.0 Å². The lowest BCUT2D eigenvalue weighted by Crippen LogP contribution is -2.55. The Morgan fingerprint density at radius 3 is 2.50 bits per heavy atom. The predicted molar refractivity (Wildman–Crippen MR) is 137 cm³/mol. The van der Waals surface area contributed by atoms with Gasteiger partial charge in [-0.1, -0.05) is 42.5 Å². The number of aliphatic hydroxyl groups is 4. The van der Waals surface area contributed by atoms with E-state index in [1.165, 1.54) is 6.07 Å². The van der Waals surface area contributed by atoms with Gasteiger partial charge >= 0.3 is 0 Å². The molecular weight excluding hydrogens is 491 g/mol. The van der Waals surface area contributed by atoms with Crippen LogP contribution in [0.4, 0.5) is 4.39 Å². The molecule has 2 aliphatic rings. The monoisotopic (exact) mass is 524 g/mol. The van der Waals surface area contributed by atoms with Gasteiger partial charge in [-0.05, 0) is 66.3 Å². The first-order chi connectivity index (χ1) is 18.2. The second kappa shape index (κ2) is 10.7. The number of aryl methyl sites for hydroxylation is 1. The van der Waals surface area contributed by atoms with Crippen LogP contribution in [-0.4, -0.2) is 58.1 Å². The Hall–Kier alpha value is -2.85. The third kappa shape index (κ3) is 5.08. The minimum atomic E-state index is -1.43. The minimum Gasteiger partial charge on any atom is -0.490 e. The molecule has 1 fully saturated rings. The van der Waals surface area contributed by atoms with Crippen molar-refractivity contribution in [1.82, 2.24) is 0 Å². The minimum absolute atomic E-state index is 0.181. The summed E-state index contributed by atoms with van der Waals surface area (Å²) in [6.07, 6.45) is -5.38. The van der Waals surface area contributed by atoms with E-state index in [1.807, 2.05) is 62.4 Å². The Labute approximate surface area is 221 Å². The molecule has 4 N–H and O–H groups in total. The van der Waals surface area contributed by atoms with E-state index in [4.69, 9.17) is 14.2 Å². The highest BCUT2D eigenvalue weighted by Gasteiger charge is 2.44. The van der Waals surface area contributed by atoms with Gasteiger partial charge in [0.05, 0.1) is 13.2 Å². The van der Waals surface area contributed by atoms with Gasteiger partial charge in [-0.3, -0.25) is 0 Å². The molecule has 2 aliphatic heterocycles. The molecule has 7 nitrogen and oxygen atoms in total. The number of fused-ring (bicyclic) bond motifs is 1. The molecule has 38 heavy (non-hydrogen) atoms. The summed E-state index contributed by atoms with van der Waals surface area (Å²) < 4.78 is 32.0. The fraction of sp³-hybridized carbons (Fsp3) is 0.400. The van der Waals surface area contributed by atoms with Crippen LogP contribution in [0.5, 0.6) is 5.75 Å². The van der Waals surface area contributed by atoms with Crippen LogP contribution in [-0.2, 0) is 28.1 Å². The highest BCUT2D eigenvalue weighted by Crippen LogP contribution is 2.38. The van der Waals surface area contributed by atoms with E-state index in [1.54, 1.807) is 6.07 Å². The summed E-state index contributed by atoms with van der Waals surface area (Å²) in [5.41, 5.74) is 4.27. The van der Waals surface area contributed by atoms with Crippen LogP contribution in [0.2, 0.25) is 0 Å². The zero-order chi connectivity index (χ0) is 27.0. The van der Waals surface area contributed by atoms with E-state index in [9.17, 15) is 24.8 Å². The average Bonchev–Trinajstić information content (AvgIpc) is 3.26. The fourth-order valence-corrected chi connectivity index (χ4v) is 5.28.